The van der Waals surface area contributed by atoms with E-state index in [0.29, 0.717) is 16.8 Å². The number of para-hydroxylation sites is 1. The molecule has 6 heteroatoms. The van der Waals surface area contributed by atoms with Gasteiger partial charge in [-0.3, -0.25) is 25.4 Å². The number of aromatic nitrogens is 1. The maximum Gasteiger partial charge on any atom is 0.276 e. The summed E-state index contributed by atoms with van der Waals surface area (Å²) < 4.78 is 5.49. The maximum atomic E-state index is 11.8. The number of rotatable bonds is 4. The average molecular weight is 321 g/mol. The molecule has 1 heterocycles. The molecule has 0 saturated heterocycles. The summed E-state index contributed by atoms with van der Waals surface area (Å²) in [5, 5.41) is 0.924. The van der Waals surface area contributed by atoms with E-state index in [1.54, 1.807) is 42.6 Å². The van der Waals surface area contributed by atoms with Gasteiger partial charge in [-0.15, -0.1) is 0 Å². The van der Waals surface area contributed by atoms with Gasteiger partial charge in [-0.2, -0.15) is 0 Å². The molecule has 2 amide bonds. The van der Waals surface area contributed by atoms with Crippen LogP contribution >= 0.6 is 0 Å². The van der Waals surface area contributed by atoms with E-state index < -0.39 is 11.8 Å². The highest BCUT2D eigenvalue weighted by Crippen LogP contribution is 2.22. The van der Waals surface area contributed by atoms with Gasteiger partial charge in [0.2, 0.25) is 0 Å². The van der Waals surface area contributed by atoms with E-state index in [0.717, 1.165) is 5.39 Å². The quantitative estimate of drug-likeness (QED) is 0.721. The zero-order chi connectivity index (χ0) is 16.8. The lowest BCUT2D eigenvalue weighted by atomic mass is 10.2. The Morgan fingerprint density at radius 3 is 2.54 bits per heavy atom. The zero-order valence-corrected chi connectivity index (χ0v) is 12.7. The SMILES string of the molecule is O=C(COc1cccc2cccnc12)NNC(=O)c1ccccc1. The van der Waals surface area contributed by atoms with Crippen molar-refractivity contribution in [2.45, 2.75) is 0 Å². The number of carbonyl (C=O) groups excluding carboxylic acids is 2. The van der Waals surface area contributed by atoms with Crippen LogP contribution in [0.2, 0.25) is 0 Å². The summed E-state index contributed by atoms with van der Waals surface area (Å²) in [5.41, 5.74) is 5.79. The Hall–Kier alpha value is -3.41. The van der Waals surface area contributed by atoms with Crippen molar-refractivity contribution in [2.24, 2.45) is 0 Å². The molecule has 6 nitrogen and oxygen atoms in total. The second-order valence-corrected chi connectivity index (χ2v) is 4.99. The molecule has 0 atom stereocenters. The largest absolute Gasteiger partial charge is 0.481 e. The lowest BCUT2D eigenvalue weighted by Crippen LogP contribution is -2.43. The second kappa shape index (κ2) is 7.23. The van der Waals surface area contributed by atoms with Crippen molar-refractivity contribution in [2.75, 3.05) is 6.61 Å². The van der Waals surface area contributed by atoms with E-state index in [-0.39, 0.29) is 6.61 Å². The van der Waals surface area contributed by atoms with Crippen LogP contribution in [0.15, 0.2) is 66.9 Å². The number of hydrogen-bond acceptors (Lipinski definition) is 4. The molecule has 0 bridgehead atoms. The van der Waals surface area contributed by atoms with Crippen molar-refractivity contribution in [3.05, 3.63) is 72.4 Å². The van der Waals surface area contributed by atoms with Crippen LogP contribution in [0.3, 0.4) is 0 Å². The number of amides is 2. The van der Waals surface area contributed by atoms with Crippen LogP contribution in [0.5, 0.6) is 5.75 Å². The second-order valence-electron chi connectivity index (χ2n) is 4.99. The average Bonchev–Trinajstić information content (AvgIpc) is 2.65. The van der Waals surface area contributed by atoms with Crippen LogP contribution in [-0.4, -0.2) is 23.4 Å². The molecule has 0 unspecified atom stereocenters. The van der Waals surface area contributed by atoms with E-state index in [2.05, 4.69) is 15.8 Å². The normalized spacial score (nSPS) is 10.2. The Balaban J connectivity index is 1.55. The molecule has 24 heavy (non-hydrogen) atoms. The Bertz CT molecular complexity index is 860. The minimum atomic E-state index is -0.466. The van der Waals surface area contributed by atoms with Gasteiger partial charge in [0.15, 0.2) is 6.61 Å². The topological polar surface area (TPSA) is 80.3 Å². The van der Waals surface area contributed by atoms with Crippen molar-refractivity contribution < 1.29 is 14.3 Å². The van der Waals surface area contributed by atoms with Crippen molar-refractivity contribution in [3.8, 4) is 5.75 Å². The third-order valence-electron chi connectivity index (χ3n) is 3.31. The summed E-state index contributed by atoms with van der Waals surface area (Å²) in [6.45, 7) is -0.231. The molecule has 0 aliphatic heterocycles. The van der Waals surface area contributed by atoms with Gasteiger partial charge in [0.05, 0.1) is 0 Å². The van der Waals surface area contributed by atoms with Gasteiger partial charge in [-0.1, -0.05) is 36.4 Å². The van der Waals surface area contributed by atoms with Gasteiger partial charge < -0.3 is 4.74 Å². The van der Waals surface area contributed by atoms with Crippen LogP contribution in [0.4, 0.5) is 0 Å². The molecule has 0 radical (unpaired) electrons. The number of ether oxygens (including phenoxy) is 1. The molecule has 2 N–H and O–H groups in total. The number of nitrogens with one attached hydrogen (secondary N) is 2. The van der Waals surface area contributed by atoms with Crippen molar-refractivity contribution in [1.82, 2.24) is 15.8 Å². The predicted octanol–water partition coefficient (Wildman–Crippen LogP) is 2.07. The third kappa shape index (κ3) is 3.67. The van der Waals surface area contributed by atoms with E-state index in [1.807, 2.05) is 24.3 Å². The van der Waals surface area contributed by atoms with E-state index >= 15 is 0 Å². The van der Waals surface area contributed by atoms with Gasteiger partial charge >= 0.3 is 0 Å². The Morgan fingerprint density at radius 2 is 1.71 bits per heavy atom. The molecule has 0 aliphatic rings. The maximum absolute atomic E-state index is 11.8. The number of fused-ring (bicyclic) bond motifs is 1. The van der Waals surface area contributed by atoms with Crippen molar-refractivity contribution >= 4 is 22.7 Å². The highest BCUT2D eigenvalue weighted by molar-refractivity contribution is 5.95. The minimum absolute atomic E-state index is 0.231. The molecule has 0 saturated carbocycles. The fraction of sp³-hybridized carbons (Fsp3) is 0.0556. The molecule has 0 fully saturated rings. The van der Waals surface area contributed by atoms with Crippen molar-refractivity contribution in [1.29, 1.82) is 0 Å². The molecular formula is C18H15N3O3. The molecule has 3 aromatic rings. The molecule has 120 valence electrons. The van der Waals surface area contributed by atoms with E-state index in [9.17, 15) is 9.59 Å². The minimum Gasteiger partial charge on any atom is -0.481 e. The van der Waals surface area contributed by atoms with E-state index in [1.165, 1.54) is 0 Å². The van der Waals surface area contributed by atoms with Gasteiger partial charge in [-0.05, 0) is 24.3 Å². The van der Waals surface area contributed by atoms with Gasteiger partial charge in [0.25, 0.3) is 11.8 Å². The first-order valence-corrected chi connectivity index (χ1v) is 7.35. The van der Waals surface area contributed by atoms with Gasteiger partial charge in [0, 0.05) is 17.1 Å². The monoisotopic (exact) mass is 321 g/mol. The lowest BCUT2D eigenvalue weighted by Gasteiger charge is -2.10. The molecule has 0 spiro atoms. The summed E-state index contributed by atoms with van der Waals surface area (Å²) >= 11 is 0. The lowest BCUT2D eigenvalue weighted by molar-refractivity contribution is -0.123. The van der Waals surface area contributed by atoms with Crippen molar-refractivity contribution in [3.63, 3.8) is 0 Å². The smallest absolute Gasteiger partial charge is 0.276 e. The van der Waals surface area contributed by atoms with E-state index in [4.69, 9.17) is 4.74 Å². The number of hydrazine groups is 1. The number of benzene rings is 2. The Labute approximate surface area is 138 Å². The van der Waals surface area contributed by atoms with Gasteiger partial charge in [-0.25, -0.2) is 0 Å². The molecule has 2 aromatic carbocycles. The summed E-state index contributed by atoms with van der Waals surface area (Å²) in [4.78, 5) is 27.9. The summed E-state index contributed by atoms with van der Waals surface area (Å²) in [6.07, 6.45) is 1.66. The molecular weight excluding hydrogens is 306 g/mol. The number of pyridine rings is 1. The summed E-state index contributed by atoms with van der Waals surface area (Å²) in [6, 6.07) is 17.8. The Kier molecular flexibility index (Phi) is 4.67. The zero-order valence-electron chi connectivity index (χ0n) is 12.7. The van der Waals surface area contributed by atoms with Gasteiger partial charge in [0.1, 0.15) is 11.3 Å². The number of nitrogens with zero attached hydrogens (tertiary/aromatic N) is 1. The number of hydrogen-bond donors (Lipinski definition) is 2. The first kappa shape index (κ1) is 15.5. The fourth-order valence-corrected chi connectivity index (χ4v) is 2.16. The van der Waals surface area contributed by atoms with Crippen LogP contribution in [0.1, 0.15) is 10.4 Å². The Morgan fingerprint density at radius 1 is 0.917 bits per heavy atom. The standard InChI is InChI=1S/C18H15N3O3/c22-16(20-21-18(23)14-6-2-1-3-7-14)12-24-15-10-4-8-13-9-5-11-19-17(13)15/h1-11H,12H2,(H,20,22)(H,21,23). The highest BCUT2D eigenvalue weighted by atomic mass is 16.5. The first-order chi connectivity index (χ1) is 11.7. The third-order valence-corrected chi connectivity index (χ3v) is 3.31. The molecule has 3 rings (SSSR count). The highest BCUT2D eigenvalue weighted by Gasteiger charge is 2.09. The summed E-state index contributed by atoms with van der Waals surface area (Å²) in [7, 11) is 0. The predicted molar refractivity (Wildman–Crippen MR) is 89.3 cm³/mol. The van der Waals surface area contributed by atoms with Crippen LogP contribution in [-0.2, 0) is 4.79 Å². The molecule has 1 aromatic heterocycles. The number of carbonyl (C=O) groups is 2. The fourth-order valence-electron chi connectivity index (χ4n) is 2.16. The first-order valence-electron chi connectivity index (χ1n) is 7.35. The molecule has 0 aliphatic carbocycles. The van der Waals surface area contributed by atoms with Crippen LogP contribution < -0.4 is 15.6 Å². The summed E-state index contributed by atoms with van der Waals surface area (Å²) in [5.74, 6) is -0.347. The van der Waals surface area contributed by atoms with Crippen LogP contribution in [0, 0.1) is 0 Å². The van der Waals surface area contributed by atoms with Crippen LogP contribution in [0.25, 0.3) is 10.9 Å².